The molecule has 1 heterocycles. The average molecular weight is 307 g/mol. The van der Waals surface area contributed by atoms with Crippen molar-refractivity contribution < 1.29 is 9.21 Å². The number of alkyl halides is 1. The number of nitrogens with one attached hydrogen (secondary N) is 1. The first-order valence-corrected chi connectivity index (χ1v) is 6.79. The van der Waals surface area contributed by atoms with Crippen LogP contribution in [0.5, 0.6) is 0 Å². The molecule has 0 bridgehead atoms. The zero-order valence-electron chi connectivity index (χ0n) is 8.76. The van der Waals surface area contributed by atoms with Crippen LogP contribution in [0.2, 0.25) is 5.22 Å². The lowest BCUT2D eigenvalue weighted by Crippen LogP contribution is -2.47. The molecule has 0 radical (unpaired) electrons. The third kappa shape index (κ3) is 2.43. The predicted molar refractivity (Wildman–Crippen MR) is 66.2 cm³/mol. The van der Waals surface area contributed by atoms with E-state index < -0.39 is 0 Å². The molecule has 2 rings (SSSR count). The lowest BCUT2D eigenvalue weighted by Gasteiger charge is -2.27. The molecule has 0 spiro atoms. The number of furan rings is 1. The Kier molecular flexibility index (Phi) is 3.60. The summed E-state index contributed by atoms with van der Waals surface area (Å²) in [6, 6.07) is 3.17. The number of carbonyl (C=O) groups excluding carboxylic acids is 1. The smallest absolute Gasteiger partial charge is 0.287 e. The normalized spacial score (nSPS) is 18.6. The Hall–Kier alpha value is -0.480. The van der Waals surface area contributed by atoms with Gasteiger partial charge in [-0.25, -0.2) is 0 Å². The summed E-state index contributed by atoms with van der Waals surface area (Å²) in [5.74, 6) is 0.0884. The molecule has 1 aromatic heterocycles. The fourth-order valence-corrected chi connectivity index (χ4v) is 2.93. The summed E-state index contributed by atoms with van der Waals surface area (Å²) in [4.78, 5) is 11.9. The molecule has 1 aromatic rings. The molecule has 0 saturated heterocycles. The van der Waals surface area contributed by atoms with Gasteiger partial charge in [0.1, 0.15) is 0 Å². The van der Waals surface area contributed by atoms with E-state index in [0.717, 1.165) is 31.0 Å². The van der Waals surface area contributed by atoms with Crippen molar-refractivity contribution in [1.29, 1.82) is 0 Å². The number of amides is 1. The van der Waals surface area contributed by atoms with Crippen LogP contribution in [0.3, 0.4) is 0 Å². The second-order valence-corrected chi connectivity index (χ2v) is 5.11. The molecule has 1 amide bonds. The molecule has 16 heavy (non-hydrogen) atoms. The molecular formula is C11H13BrClNO2. The Bertz CT molecular complexity index is 385. The Labute approximate surface area is 108 Å². The highest BCUT2D eigenvalue weighted by Gasteiger charge is 2.34. The third-order valence-electron chi connectivity index (χ3n) is 2.99. The van der Waals surface area contributed by atoms with Gasteiger partial charge in [-0.2, -0.15) is 0 Å². The van der Waals surface area contributed by atoms with Gasteiger partial charge < -0.3 is 9.73 Å². The lowest BCUT2D eigenvalue weighted by molar-refractivity contribution is 0.0882. The van der Waals surface area contributed by atoms with Crippen molar-refractivity contribution in [3.05, 3.63) is 23.1 Å². The quantitative estimate of drug-likeness (QED) is 0.870. The van der Waals surface area contributed by atoms with Crippen molar-refractivity contribution in [2.24, 2.45) is 0 Å². The van der Waals surface area contributed by atoms with Crippen LogP contribution in [0.25, 0.3) is 0 Å². The molecule has 0 atom stereocenters. The number of hydrogen-bond donors (Lipinski definition) is 1. The Morgan fingerprint density at radius 3 is 2.69 bits per heavy atom. The highest BCUT2D eigenvalue weighted by molar-refractivity contribution is 9.09. The maximum atomic E-state index is 11.9. The molecule has 3 nitrogen and oxygen atoms in total. The summed E-state index contributed by atoms with van der Waals surface area (Å²) in [7, 11) is 0. The van der Waals surface area contributed by atoms with E-state index in [-0.39, 0.29) is 22.4 Å². The van der Waals surface area contributed by atoms with Crippen molar-refractivity contribution >= 4 is 33.4 Å². The molecule has 0 aliphatic heterocycles. The zero-order chi connectivity index (χ0) is 11.6. The van der Waals surface area contributed by atoms with Crippen molar-refractivity contribution in [3.63, 3.8) is 0 Å². The monoisotopic (exact) mass is 305 g/mol. The Balaban J connectivity index is 2.06. The van der Waals surface area contributed by atoms with Gasteiger partial charge in [-0.1, -0.05) is 28.8 Å². The predicted octanol–water partition coefficient (Wildman–Crippen LogP) is 3.37. The molecule has 1 N–H and O–H groups in total. The van der Waals surface area contributed by atoms with Crippen LogP contribution >= 0.6 is 27.5 Å². The molecule has 1 aliphatic rings. The molecule has 0 unspecified atom stereocenters. The van der Waals surface area contributed by atoms with E-state index in [2.05, 4.69) is 21.2 Å². The summed E-state index contributed by atoms with van der Waals surface area (Å²) in [6.07, 6.45) is 4.34. The van der Waals surface area contributed by atoms with Gasteiger partial charge in [-0.3, -0.25) is 4.79 Å². The molecule has 1 aliphatic carbocycles. The maximum absolute atomic E-state index is 11.9. The van der Waals surface area contributed by atoms with E-state index in [1.807, 2.05) is 0 Å². The van der Waals surface area contributed by atoms with E-state index in [1.165, 1.54) is 0 Å². The van der Waals surface area contributed by atoms with Crippen molar-refractivity contribution in [2.75, 3.05) is 5.33 Å². The first kappa shape index (κ1) is 12.0. The van der Waals surface area contributed by atoms with Crippen LogP contribution < -0.4 is 5.32 Å². The SMILES string of the molecule is O=C(NC1(CBr)CCCC1)c1ccc(Cl)o1. The van der Waals surface area contributed by atoms with E-state index in [9.17, 15) is 4.79 Å². The van der Waals surface area contributed by atoms with E-state index in [4.69, 9.17) is 16.0 Å². The largest absolute Gasteiger partial charge is 0.440 e. The van der Waals surface area contributed by atoms with Crippen LogP contribution in [-0.2, 0) is 0 Å². The van der Waals surface area contributed by atoms with Gasteiger partial charge in [-0.15, -0.1) is 0 Å². The Morgan fingerprint density at radius 2 is 2.19 bits per heavy atom. The zero-order valence-corrected chi connectivity index (χ0v) is 11.1. The molecule has 0 aromatic carbocycles. The molecular weight excluding hydrogens is 293 g/mol. The average Bonchev–Trinajstić information content (AvgIpc) is 2.88. The summed E-state index contributed by atoms with van der Waals surface area (Å²) in [6.45, 7) is 0. The fourth-order valence-electron chi connectivity index (χ4n) is 2.08. The maximum Gasteiger partial charge on any atom is 0.287 e. The summed E-state index contributed by atoms with van der Waals surface area (Å²) in [5, 5.41) is 4.05. The van der Waals surface area contributed by atoms with Crippen molar-refractivity contribution in [2.45, 2.75) is 31.2 Å². The minimum absolute atomic E-state index is 0.115. The topological polar surface area (TPSA) is 42.2 Å². The summed E-state index contributed by atoms with van der Waals surface area (Å²) in [5.41, 5.74) is -0.115. The van der Waals surface area contributed by atoms with E-state index in [0.29, 0.717) is 0 Å². The van der Waals surface area contributed by atoms with Gasteiger partial charge in [0.2, 0.25) is 0 Å². The van der Waals surface area contributed by atoms with Gasteiger partial charge in [0.15, 0.2) is 11.0 Å². The van der Waals surface area contributed by atoms with Gasteiger partial charge >= 0.3 is 0 Å². The highest BCUT2D eigenvalue weighted by Crippen LogP contribution is 2.31. The second kappa shape index (κ2) is 4.80. The second-order valence-electron chi connectivity index (χ2n) is 4.18. The number of hydrogen-bond acceptors (Lipinski definition) is 2. The molecule has 88 valence electrons. The van der Waals surface area contributed by atoms with Crippen LogP contribution in [0.15, 0.2) is 16.5 Å². The number of rotatable bonds is 3. The van der Waals surface area contributed by atoms with Crippen LogP contribution in [0, 0.1) is 0 Å². The lowest BCUT2D eigenvalue weighted by atomic mass is 10.0. The highest BCUT2D eigenvalue weighted by atomic mass is 79.9. The first-order chi connectivity index (χ1) is 7.65. The summed E-state index contributed by atoms with van der Waals surface area (Å²) >= 11 is 9.10. The fraction of sp³-hybridized carbons (Fsp3) is 0.545. The van der Waals surface area contributed by atoms with E-state index >= 15 is 0 Å². The van der Waals surface area contributed by atoms with Crippen molar-refractivity contribution in [3.8, 4) is 0 Å². The van der Waals surface area contributed by atoms with Gasteiger partial charge in [0.05, 0.1) is 5.54 Å². The Morgan fingerprint density at radius 1 is 1.50 bits per heavy atom. The molecule has 1 fully saturated rings. The first-order valence-electron chi connectivity index (χ1n) is 5.29. The number of halogens is 2. The van der Waals surface area contributed by atoms with Crippen LogP contribution in [0.1, 0.15) is 36.2 Å². The molecule has 1 saturated carbocycles. The van der Waals surface area contributed by atoms with Gasteiger partial charge in [0, 0.05) is 5.33 Å². The minimum Gasteiger partial charge on any atom is -0.440 e. The molecule has 5 heteroatoms. The summed E-state index contributed by atoms with van der Waals surface area (Å²) < 4.78 is 5.08. The van der Waals surface area contributed by atoms with Gasteiger partial charge in [0.25, 0.3) is 5.91 Å². The van der Waals surface area contributed by atoms with E-state index in [1.54, 1.807) is 12.1 Å². The number of carbonyl (C=O) groups is 1. The van der Waals surface area contributed by atoms with Crippen molar-refractivity contribution in [1.82, 2.24) is 5.32 Å². The van der Waals surface area contributed by atoms with Gasteiger partial charge in [-0.05, 0) is 36.6 Å². The standard InChI is InChI=1S/C11H13BrClNO2/c12-7-11(5-1-2-6-11)14-10(15)8-3-4-9(13)16-8/h3-4H,1-2,5-7H2,(H,14,15). The third-order valence-corrected chi connectivity index (χ3v) is 4.27. The van der Waals surface area contributed by atoms with Crippen LogP contribution in [0.4, 0.5) is 0 Å². The van der Waals surface area contributed by atoms with Crippen LogP contribution in [-0.4, -0.2) is 16.8 Å². The minimum atomic E-state index is -0.187.